The Morgan fingerprint density at radius 2 is 2.00 bits per heavy atom. The normalized spacial score (nSPS) is 22.2. The smallest absolute Gasteiger partial charge is 0.352 e. The molecule has 1 aromatic carbocycles. The number of aromatic amines is 1. The van der Waals surface area contributed by atoms with Crippen molar-refractivity contribution < 1.29 is 27.7 Å². The number of benzene rings is 1. The third-order valence-corrected chi connectivity index (χ3v) is 5.01. The molecule has 0 saturated carbocycles. The number of nitro benzene ring substituents is 1. The molecule has 8 nitrogen and oxygen atoms in total. The van der Waals surface area contributed by atoms with E-state index in [9.17, 15) is 32.9 Å². The molecule has 11 heteroatoms. The van der Waals surface area contributed by atoms with Crippen molar-refractivity contribution in [3.05, 3.63) is 39.6 Å². The van der Waals surface area contributed by atoms with Crippen LogP contribution in [0.3, 0.4) is 0 Å². The standard InChI is InChI=1S/C16H13F3N4O4/c17-16(18,19)10-5-9(23(26)27)3-7-4-11(21-13(7)10)15(25)22-8-1-2-12(22)14(24)20-6-8/h3-5,8,12,21H,1-2,6H2,(H,20,24)/t8-,12+/m0/s1. The van der Waals surface area contributed by atoms with Gasteiger partial charge in [0.1, 0.15) is 11.7 Å². The topological polar surface area (TPSA) is 108 Å². The lowest BCUT2D eigenvalue weighted by molar-refractivity contribution is -0.385. The fourth-order valence-electron chi connectivity index (χ4n) is 3.80. The number of fused-ring (bicyclic) bond motifs is 3. The number of halogens is 3. The first kappa shape index (κ1) is 17.3. The Kier molecular flexibility index (Phi) is 3.65. The molecule has 0 spiro atoms. The number of rotatable bonds is 2. The number of hydrogen-bond donors (Lipinski definition) is 2. The van der Waals surface area contributed by atoms with Crippen LogP contribution in [-0.4, -0.2) is 45.2 Å². The Balaban J connectivity index is 1.81. The zero-order valence-corrected chi connectivity index (χ0v) is 13.7. The van der Waals surface area contributed by atoms with Crippen LogP contribution in [0.1, 0.15) is 28.9 Å². The Hall–Kier alpha value is -3.11. The summed E-state index contributed by atoms with van der Waals surface area (Å²) < 4.78 is 40.0. The Morgan fingerprint density at radius 3 is 2.67 bits per heavy atom. The van der Waals surface area contributed by atoms with E-state index in [0.29, 0.717) is 25.5 Å². The summed E-state index contributed by atoms with van der Waals surface area (Å²) in [7, 11) is 0. The van der Waals surface area contributed by atoms with Gasteiger partial charge in [-0.3, -0.25) is 19.7 Å². The third-order valence-electron chi connectivity index (χ3n) is 5.01. The molecule has 2 bridgehead atoms. The van der Waals surface area contributed by atoms with Crippen LogP contribution in [0, 0.1) is 10.1 Å². The van der Waals surface area contributed by atoms with Crippen LogP contribution in [0.15, 0.2) is 18.2 Å². The number of piperazine rings is 1. The van der Waals surface area contributed by atoms with E-state index in [1.54, 1.807) is 0 Å². The van der Waals surface area contributed by atoms with Crippen LogP contribution in [0.2, 0.25) is 0 Å². The number of non-ortho nitro benzene ring substituents is 1. The van der Waals surface area contributed by atoms with Crippen LogP contribution in [-0.2, 0) is 11.0 Å². The molecule has 0 unspecified atom stereocenters. The lowest BCUT2D eigenvalue weighted by Gasteiger charge is -2.34. The van der Waals surface area contributed by atoms with Gasteiger partial charge in [0, 0.05) is 24.1 Å². The van der Waals surface area contributed by atoms with Crippen molar-refractivity contribution >= 4 is 28.4 Å². The Bertz CT molecular complexity index is 984. The second-order valence-corrected chi connectivity index (χ2v) is 6.60. The highest BCUT2D eigenvalue weighted by molar-refractivity contribution is 6.02. The van der Waals surface area contributed by atoms with Crippen molar-refractivity contribution in [2.75, 3.05) is 6.54 Å². The van der Waals surface area contributed by atoms with Crippen LogP contribution in [0.5, 0.6) is 0 Å². The monoisotopic (exact) mass is 382 g/mol. The van der Waals surface area contributed by atoms with Gasteiger partial charge in [0.2, 0.25) is 5.91 Å². The predicted octanol–water partition coefficient (Wildman–Crippen LogP) is 2.20. The highest BCUT2D eigenvalue weighted by atomic mass is 19.4. The second kappa shape index (κ2) is 5.69. The lowest BCUT2D eigenvalue weighted by atomic mass is 10.1. The summed E-state index contributed by atoms with van der Waals surface area (Å²) in [6.45, 7) is 0.292. The molecule has 3 heterocycles. The average Bonchev–Trinajstić information content (AvgIpc) is 3.16. The molecule has 2 amide bonds. The number of carbonyl (C=O) groups is 2. The van der Waals surface area contributed by atoms with E-state index in [-0.39, 0.29) is 23.0 Å². The highest BCUT2D eigenvalue weighted by Crippen LogP contribution is 2.38. The van der Waals surface area contributed by atoms with Crippen molar-refractivity contribution in [1.82, 2.24) is 15.2 Å². The molecule has 2 aliphatic rings. The molecule has 142 valence electrons. The summed E-state index contributed by atoms with van der Waals surface area (Å²) in [6, 6.07) is 1.70. The fourth-order valence-corrected chi connectivity index (χ4v) is 3.80. The molecule has 1 aromatic heterocycles. The molecular weight excluding hydrogens is 369 g/mol. The molecule has 2 fully saturated rings. The van der Waals surface area contributed by atoms with E-state index in [4.69, 9.17) is 0 Å². The van der Waals surface area contributed by atoms with Crippen LogP contribution < -0.4 is 5.32 Å². The number of aromatic nitrogens is 1. The highest BCUT2D eigenvalue weighted by Gasteiger charge is 2.45. The molecular formula is C16H13F3N4O4. The number of nitro groups is 1. The van der Waals surface area contributed by atoms with Crippen LogP contribution in [0.4, 0.5) is 18.9 Å². The number of H-pyrrole nitrogens is 1. The minimum atomic E-state index is -4.83. The minimum absolute atomic E-state index is 0.0892. The zero-order valence-electron chi connectivity index (χ0n) is 13.7. The van der Waals surface area contributed by atoms with E-state index in [2.05, 4.69) is 10.3 Å². The molecule has 4 rings (SSSR count). The fraction of sp³-hybridized carbons (Fsp3) is 0.375. The SMILES string of the molecule is O=C1NC[C@@H]2CC[C@H]1N2C(=O)c1cc2cc([N+](=O)[O-])cc(C(F)(F)F)c2[nH]1. The zero-order chi connectivity index (χ0) is 19.5. The lowest BCUT2D eigenvalue weighted by Crippen LogP contribution is -2.57. The van der Waals surface area contributed by atoms with Gasteiger partial charge in [-0.2, -0.15) is 13.2 Å². The molecule has 2 saturated heterocycles. The van der Waals surface area contributed by atoms with E-state index >= 15 is 0 Å². The quantitative estimate of drug-likeness (QED) is 0.613. The van der Waals surface area contributed by atoms with Gasteiger partial charge in [-0.1, -0.05) is 0 Å². The maximum Gasteiger partial charge on any atom is 0.418 e. The number of carbonyl (C=O) groups excluding carboxylic acids is 2. The summed E-state index contributed by atoms with van der Waals surface area (Å²) in [5, 5.41) is 13.6. The van der Waals surface area contributed by atoms with Gasteiger partial charge in [0.05, 0.1) is 22.0 Å². The number of alkyl halides is 3. The van der Waals surface area contributed by atoms with E-state index in [0.717, 1.165) is 12.1 Å². The van der Waals surface area contributed by atoms with Crippen molar-refractivity contribution in [2.24, 2.45) is 0 Å². The van der Waals surface area contributed by atoms with Gasteiger partial charge in [-0.25, -0.2) is 0 Å². The second-order valence-electron chi connectivity index (χ2n) is 6.60. The van der Waals surface area contributed by atoms with Crippen LogP contribution in [0.25, 0.3) is 10.9 Å². The van der Waals surface area contributed by atoms with Crippen molar-refractivity contribution in [2.45, 2.75) is 31.1 Å². The largest absolute Gasteiger partial charge is 0.418 e. The first-order chi connectivity index (χ1) is 12.7. The van der Waals surface area contributed by atoms with E-state index < -0.39 is 39.8 Å². The molecule has 2 N–H and O–H groups in total. The van der Waals surface area contributed by atoms with Gasteiger partial charge in [-0.05, 0) is 18.9 Å². The first-order valence-electron chi connectivity index (χ1n) is 8.15. The molecule has 2 atom stereocenters. The van der Waals surface area contributed by atoms with E-state index in [1.807, 2.05) is 0 Å². The number of hydrogen-bond acceptors (Lipinski definition) is 4. The minimum Gasteiger partial charge on any atom is -0.352 e. The molecule has 2 aromatic rings. The molecule has 0 aliphatic carbocycles. The number of nitrogens with one attached hydrogen (secondary N) is 2. The Morgan fingerprint density at radius 1 is 1.26 bits per heavy atom. The number of nitrogens with zero attached hydrogens (tertiary/aromatic N) is 2. The summed E-state index contributed by atoms with van der Waals surface area (Å²) >= 11 is 0. The van der Waals surface area contributed by atoms with Gasteiger partial charge in [-0.15, -0.1) is 0 Å². The third kappa shape index (κ3) is 2.69. The van der Waals surface area contributed by atoms with Gasteiger partial charge < -0.3 is 15.2 Å². The van der Waals surface area contributed by atoms with E-state index in [1.165, 1.54) is 4.90 Å². The van der Waals surface area contributed by atoms with Crippen molar-refractivity contribution in [1.29, 1.82) is 0 Å². The van der Waals surface area contributed by atoms with Gasteiger partial charge in [0.25, 0.3) is 11.6 Å². The Labute approximate surface area is 149 Å². The molecule has 27 heavy (non-hydrogen) atoms. The van der Waals surface area contributed by atoms with Crippen molar-refractivity contribution in [3.63, 3.8) is 0 Å². The summed E-state index contributed by atoms with van der Waals surface area (Å²) in [5.41, 5.74) is -2.47. The van der Waals surface area contributed by atoms with Gasteiger partial charge in [0.15, 0.2) is 0 Å². The van der Waals surface area contributed by atoms with Crippen LogP contribution >= 0.6 is 0 Å². The summed E-state index contributed by atoms with van der Waals surface area (Å²) in [6.07, 6.45) is -3.73. The average molecular weight is 382 g/mol. The maximum absolute atomic E-state index is 13.3. The molecule has 0 radical (unpaired) electrons. The van der Waals surface area contributed by atoms with Crippen molar-refractivity contribution in [3.8, 4) is 0 Å². The number of amides is 2. The molecule has 2 aliphatic heterocycles. The first-order valence-corrected chi connectivity index (χ1v) is 8.15. The summed E-state index contributed by atoms with van der Waals surface area (Å²) in [5.74, 6) is -0.885. The van der Waals surface area contributed by atoms with Gasteiger partial charge >= 0.3 is 6.18 Å². The predicted molar refractivity (Wildman–Crippen MR) is 85.9 cm³/mol. The maximum atomic E-state index is 13.3. The summed E-state index contributed by atoms with van der Waals surface area (Å²) in [4.78, 5) is 38.7.